The predicted octanol–water partition coefficient (Wildman–Crippen LogP) is 5.36. The molecule has 0 bridgehead atoms. The molecule has 0 spiro atoms. The third kappa shape index (κ3) is 5.97. The summed E-state index contributed by atoms with van der Waals surface area (Å²) in [5, 5.41) is 3.28. The van der Waals surface area contributed by atoms with Gasteiger partial charge in [-0.2, -0.15) is 0 Å². The first-order chi connectivity index (χ1) is 12.8. The number of anilines is 1. The summed E-state index contributed by atoms with van der Waals surface area (Å²) in [5.74, 6) is -0.535. The van der Waals surface area contributed by atoms with Crippen molar-refractivity contribution in [2.24, 2.45) is 0 Å². The van der Waals surface area contributed by atoms with Crippen molar-refractivity contribution in [1.82, 2.24) is 0 Å². The van der Waals surface area contributed by atoms with Gasteiger partial charge in [0.1, 0.15) is 0 Å². The molecular weight excluding hydrogens is 362 g/mol. The van der Waals surface area contributed by atoms with Crippen molar-refractivity contribution in [2.75, 3.05) is 5.32 Å². The first-order valence-corrected chi connectivity index (χ1v) is 9.20. The van der Waals surface area contributed by atoms with Crippen molar-refractivity contribution in [3.63, 3.8) is 0 Å². The van der Waals surface area contributed by atoms with Crippen LogP contribution in [0.15, 0.2) is 48.5 Å². The number of benzene rings is 2. The molecule has 0 saturated carbocycles. The Morgan fingerprint density at radius 3 is 2.37 bits per heavy atom. The predicted molar refractivity (Wildman–Crippen MR) is 110 cm³/mol. The van der Waals surface area contributed by atoms with E-state index in [1.54, 1.807) is 24.3 Å². The first kappa shape index (κ1) is 20.7. The highest BCUT2D eigenvalue weighted by Crippen LogP contribution is 2.23. The molecule has 0 aliphatic rings. The zero-order valence-electron chi connectivity index (χ0n) is 16.0. The van der Waals surface area contributed by atoms with E-state index in [1.807, 2.05) is 31.2 Å². The van der Waals surface area contributed by atoms with E-state index in [9.17, 15) is 9.59 Å². The van der Waals surface area contributed by atoms with E-state index in [2.05, 4.69) is 19.2 Å². The second kappa shape index (κ2) is 9.38. The number of nitrogens with one attached hydrogen (secondary N) is 1. The Kier molecular flexibility index (Phi) is 7.19. The molecule has 2 rings (SSSR count). The van der Waals surface area contributed by atoms with Crippen LogP contribution in [0.4, 0.5) is 5.69 Å². The second-order valence-corrected chi connectivity index (χ2v) is 7.04. The summed E-state index contributed by atoms with van der Waals surface area (Å²) in [5.41, 5.74) is 3.48. The zero-order chi connectivity index (χ0) is 20.0. The number of hydrogen-bond donors (Lipinski definition) is 1. The lowest BCUT2D eigenvalue weighted by Gasteiger charge is -2.14. The van der Waals surface area contributed by atoms with Crippen molar-refractivity contribution in [2.45, 2.75) is 39.7 Å². The smallest absolute Gasteiger partial charge is 0.331 e. The summed E-state index contributed by atoms with van der Waals surface area (Å²) in [6.07, 6.45) is 2.06. The van der Waals surface area contributed by atoms with Gasteiger partial charge in [-0.25, -0.2) is 4.79 Å². The SMILES string of the molecule is Cc1c(Cl)cccc1NC(=O)C(C)OC(=O)/C=C/c1ccc(C(C)C)cc1. The quantitative estimate of drug-likeness (QED) is 0.538. The van der Waals surface area contributed by atoms with Crippen molar-refractivity contribution in [1.29, 1.82) is 0 Å². The number of hydrogen-bond acceptors (Lipinski definition) is 3. The first-order valence-electron chi connectivity index (χ1n) is 8.82. The van der Waals surface area contributed by atoms with Crippen LogP contribution in [0.2, 0.25) is 5.02 Å². The van der Waals surface area contributed by atoms with Gasteiger partial charge in [0.2, 0.25) is 0 Å². The monoisotopic (exact) mass is 385 g/mol. The average Bonchev–Trinajstić information content (AvgIpc) is 2.64. The van der Waals surface area contributed by atoms with Crippen LogP contribution in [-0.2, 0) is 14.3 Å². The average molecular weight is 386 g/mol. The van der Waals surface area contributed by atoms with Gasteiger partial charge < -0.3 is 10.1 Å². The maximum absolute atomic E-state index is 12.2. The van der Waals surface area contributed by atoms with Gasteiger partial charge in [0.05, 0.1) is 0 Å². The van der Waals surface area contributed by atoms with E-state index in [4.69, 9.17) is 16.3 Å². The van der Waals surface area contributed by atoms with Gasteiger partial charge in [-0.15, -0.1) is 0 Å². The fraction of sp³-hybridized carbons (Fsp3) is 0.273. The van der Waals surface area contributed by atoms with E-state index >= 15 is 0 Å². The molecule has 0 saturated heterocycles. The Balaban J connectivity index is 1.92. The highest BCUT2D eigenvalue weighted by atomic mass is 35.5. The van der Waals surface area contributed by atoms with Crippen LogP contribution in [0.1, 0.15) is 43.4 Å². The van der Waals surface area contributed by atoms with Gasteiger partial charge in [-0.3, -0.25) is 4.79 Å². The minimum Gasteiger partial charge on any atom is -0.449 e. The molecule has 2 aromatic carbocycles. The molecule has 0 radical (unpaired) electrons. The van der Waals surface area contributed by atoms with Crippen molar-refractivity contribution in [3.8, 4) is 0 Å². The van der Waals surface area contributed by atoms with Crippen LogP contribution < -0.4 is 5.32 Å². The molecule has 2 aromatic rings. The van der Waals surface area contributed by atoms with E-state index in [0.717, 1.165) is 11.1 Å². The van der Waals surface area contributed by atoms with Gasteiger partial charge in [0.25, 0.3) is 5.91 Å². The summed E-state index contributed by atoms with van der Waals surface area (Å²) >= 11 is 6.04. The summed E-state index contributed by atoms with van der Waals surface area (Å²) in [7, 11) is 0. The molecule has 4 nitrogen and oxygen atoms in total. The highest BCUT2D eigenvalue weighted by Gasteiger charge is 2.17. The fourth-order valence-corrected chi connectivity index (χ4v) is 2.58. The normalized spacial score (nSPS) is 12.2. The topological polar surface area (TPSA) is 55.4 Å². The molecule has 1 amide bonds. The van der Waals surface area contributed by atoms with Gasteiger partial charge in [-0.1, -0.05) is 55.8 Å². The highest BCUT2D eigenvalue weighted by molar-refractivity contribution is 6.31. The van der Waals surface area contributed by atoms with Gasteiger partial charge in [-0.05, 0) is 54.7 Å². The largest absolute Gasteiger partial charge is 0.449 e. The Hall–Kier alpha value is -2.59. The van der Waals surface area contributed by atoms with E-state index in [0.29, 0.717) is 16.6 Å². The van der Waals surface area contributed by atoms with Crippen LogP contribution in [-0.4, -0.2) is 18.0 Å². The summed E-state index contributed by atoms with van der Waals surface area (Å²) in [6, 6.07) is 13.2. The van der Waals surface area contributed by atoms with Crippen LogP contribution in [0.3, 0.4) is 0 Å². The van der Waals surface area contributed by atoms with Gasteiger partial charge in [0.15, 0.2) is 6.10 Å². The maximum atomic E-state index is 12.2. The van der Waals surface area contributed by atoms with E-state index in [-0.39, 0.29) is 0 Å². The number of amides is 1. The molecule has 0 aliphatic carbocycles. The van der Waals surface area contributed by atoms with Crippen molar-refractivity contribution >= 4 is 35.2 Å². The molecule has 0 fully saturated rings. The minimum absolute atomic E-state index is 0.414. The lowest BCUT2D eigenvalue weighted by molar-refractivity contribution is -0.148. The molecule has 0 aliphatic heterocycles. The molecule has 1 unspecified atom stereocenters. The Morgan fingerprint density at radius 1 is 1.07 bits per heavy atom. The summed E-state index contributed by atoms with van der Waals surface area (Å²) < 4.78 is 5.17. The lowest BCUT2D eigenvalue weighted by atomic mass is 10.0. The van der Waals surface area contributed by atoms with Gasteiger partial charge >= 0.3 is 5.97 Å². The Morgan fingerprint density at radius 2 is 1.74 bits per heavy atom. The van der Waals surface area contributed by atoms with Gasteiger partial charge in [0, 0.05) is 16.8 Å². The number of rotatable bonds is 6. The molecule has 142 valence electrons. The number of halogens is 1. The van der Waals surface area contributed by atoms with Crippen molar-refractivity contribution in [3.05, 3.63) is 70.3 Å². The fourth-order valence-electron chi connectivity index (χ4n) is 2.40. The molecule has 0 aromatic heterocycles. The molecule has 1 N–H and O–H groups in total. The van der Waals surface area contributed by atoms with Crippen molar-refractivity contribution < 1.29 is 14.3 Å². The third-order valence-corrected chi connectivity index (χ3v) is 4.61. The Labute approximate surface area is 165 Å². The van der Waals surface area contributed by atoms with Crippen LogP contribution in [0, 0.1) is 6.92 Å². The van der Waals surface area contributed by atoms with Crippen LogP contribution >= 0.6 is 11.6 Å². The number of carbonyl (C=O) groups is 2. The Bertz CT molecular complexity index is 841. The lowest BCUT2D eigenvalue weighted by Crippen LogP contribution is -2.29. The van der Waals surface area contributed by atoms with E-state index < -0.39 is 18.0 Å². The number of esters is 1. The molecule has 0 heterocycles. The molecule has 5 heteroatoms. The molecule has 27 heavy (non-hydrogen) atoms. The number of ether oxygens (including phenoxy) is 1. The molecule has 1 atom stereocenters. The third-order valence-electron chi connectivity index (χ3n) is 4.20. The zero-order valence-corrected chi connectivity index (χ0v) is 16.7. The van der Waals surface area contributed by atoms with Crippen LogP contribution in [0.5, 0.6) is 0 Å². The van der Waals surface area contributed by atoms with Crippen LogP contribution in [0.25, 0.3) is 6.08 Å². The maximum Gasteiger partial charge on any atom is 0.331 e. The van der Waals surface area contributed by atoms with E-state index in [1.165, 1.54) is 18.6 Å². The molecular formula is C22H24ClNO3. The standard InChI is InChI=1S/C22H24ClNO3/c1-14(2)18-11-8-17(9-12-18)10-13-21(25)27-16(4)22(26)24-20-7-5-6-19(23)15(20)3/h5-14,16H,1-4H3,(H,24,26)/b13-10+. The minimum atomic E-state index is -0.927. The summed E-state index contributed by atoms with van der Waals surface area (Å²) in [4.78, 5) is 24.2. The summed E-state index contributed by atoms with van der Waals surface area (Å²) in [6.45, 7) is 7.58. The number of carbonyl (C=O) groups excluding carboxylic acids is 2. The second-order valence-electron chi connectivity index (χ2n) is 6.64.